The van der Waals surface area contributed by atoms with Crippen LogP contribution in [0.2, 0.25) is 0 Å². The van der Waals surface area contributed by atoms with E-state index in [4.69, 9.17) is 5.73 Å². The molecule has 0 saturated heterocycles. The van der Waals surface area contributed by atoms with E-state index in [1.165, 1.54) is 9.88 Å². The third-order valence-electron chi connectivity index (χ3n) is 1.11. The molecule has 0 amide bonds. The molecule has 4 heteroatoms. The van der Waals surface area contributed by atoms with Crippen LogP contribution in [0.1, 0.15) is 16.8 Å². The number of hydrogen-bond donors (Lipinski definition) is 1. The van der Waals surface area contributed by atoms with Crippen molar-refractivity contribution in [3.63, 3.8) is 0 Å². The molecule has 0 fully saturated rings. The predicted octanol–water partition coefficient (Wildman–Crippen LogP) is 1.59. The summed E-state index contributed by atoms with van der Waals surface area (Å²) in [5.74, 6) is 0. The summed E-state index contributed by atoms with van der Waals surface area (Å²) >= 11 is 1.70. The van der Waals surface area contributed by atoms with E-state index in [0.29, 0.717) is 6.54 Å². The number of hydrogen-bond acceptors (Lipinski definition) is 3. The van der Waals surface area contributed by atoms with Gasteiger partial charge in [0, 0.05) is 17.6 Å². The molecule has 0 bridgehead atoms. The smallest absolute Gasteiger partial charge is 0.0925 e. The molecule has 0 aromatic carbocycles. The fourth-order valence-electron chi connectivity index (χ4n) is 0.606. The maximum Gasteiger partial charge on any atom is 0.0925 e. The van der Waals surface area contributed by atoms with Gasteiger partial charge in [-0.15, -0.1) is 23.7 Å². The van der Waals surface area contributed by atoms with E-state index in [9.17, 15) is 0 Å². The molecule has 0 radical (unpaired) electrons. The van der Waals surface area contributed by atoms with E-state index in [-0.39, 0.29) is 12.4 Å². The maximum absolute atomic E-state index is 5.39. The number of rotatable bonds is 2. The van der Waals surface area contributed by atoms with Gasteiger partial charge in [0.15, 0.2) is 0 Å². The fourth-order valence-corrected chi connectivity index (χ4v) is 1.35. The molecule has 1 heterocycles. The molecular weight excluding hydrogens is 168 g/mol. The Morgan fingerprint density at radius 2 is 2.40 bits per heavy atom. The van der Waals surface area contributed by atoms with E-state index in [1.54, 1.807) is 11.3 Å². The van der Waals surface area contributed by atoms with Crippen molar-refractivity contribution in [1.82, 2.24) is 4.98 Å². The van der Waals surface area contributed by atoms with Gasteiger partial charge in [-0.05, 0) is 6.42 Å². The van der Waals surface area contributed by atoms with Crippen LogP contribution in [0.3, 0.4) is 0 Å². The second-order valence-corrected chi connectivity index (χ2v) is 2.98. The zero-order valence-electron chi connectivity index (χ0n) is 5.83. The Labute approximate surface area is 70.9 Å². The van der Waals surface area contributed by atoms with E-state index < -0.39 is 0 Å². The third kappa shape index (κ3) is 2.25. The molecule has 0 atom stereocenters. The summed E-state index contributed by atoms with van der Waals surface area (Å²) < 4.78 is 0. The van der Waals surface area contributed by atoms with Gasteiger partial charge in [0.2, 0.25) is 0 Å². The number of nitrogens with zero attached hydrogens (tertiary/aromatic N) is 1. The van der Waals surface area contributed by atoms with Crippen LogP contribution in [-0.2, 0) is 13.0 Å². The molecule has 0 spiro atoms. The minimum absolute atomic E-state index is 0. The van der Waals surface area contributed by atoms with Crippen molar-refractivity contribution < 1.29 is 0 Å². The third-order valence-corrected chi connectivity index (χ3v) is 2.27. The first-order valence-electron chi connectivity index (χ1n) is 3.00. The summed E-state index contributed by atoms with van der Waals surface area (Å²) in [6.45, 7) is 2.72. The van der Waals surface area contributed by atoms with Gasteiger partial charge in [-0.2, -0.15) is 0 Å². The average molecular weight is 179 g/mol. The van der Waals surface area contributed by atoms with Crippen LogP contribution in [-0.4, -0.2) is 4.98 Å². The number of aryl methyl sites for hydroxylation is 1. The normalized spacial score (nSPS) is 9.00. The molecule has 1 aromatic heterocycles. The topological polar surface area (TPSA) is 38.9 Å². The van der Waals surface area contributed by atoms with Crippen LogP contribution < -0.4 is 5.73 Å². The van der Waals surface area contributed by atoms with Crippen LogP contribution >= 0.6 is 23.7 Å². The molecule has 0 aliphatic heterocycles. The Kier molecular flexibility index (Phi) is 4.60. The summed E-state index contributed by atoms with van der Waals surface area (Å²) in [5, 5.41) is 1.18. The van der Waals surface area contributed by atoms with Crippen molar-refractivity contribution in [1.29, 1.82) is 0 Å². The number of nitrogens with two attached hydrogens (primary N) is 1. The summed E-state index contributed by atoms with van der Waals surface area (Å²) in [7, 11) is 0. The number of thiazole rings is 1. The van der Waals surface area contributed by atoms with Gasteiger partial charge in [-0.3, -0.25) is 0 Å². The Morgan fingerprint density at radius 3 is 2.70 bits per heavy atom. The van der Waals surface area contributed by atoms with Crippen LogP contribution in [0.15, 0.2) is 6.20 Å². The van der Waals surface area contributed by atoms with Crippen molar-refractivity contribution in [3.05, 3.63) is 16.1 Å². The van der Waals surface area contributed by atoms with Gasteiger partial charge < -0.3 is 5.73 Å². The first-order valence-corrected chi connectivity index (χ1v) is 3.82. The lowest BCUT2D eigenvalue weighted by Gasteiger charge is -1.82. The van der Waals surface area contributed by atoms with Crippen molar-refractivity contribution >= 4 is 23.7 Å². The molecule has 0 saturated carbocycles. The van der Waals surface area contributed by atoms with Crippen LogP contribution in [0.5, 0.6) is 0 Å². The summed E-state index contributed by atoms with van der Waals surface area (Å²) in [5.41, 5.74) is 5.39. The molecule has 2 N–H and O–H groups in total. The quantitative estimate of drug-likeness (QED) is 0.747. The standard InChI is InChI=1S/C6H10N2S.ClH/c1-2-6-8-4-5(3-7)9-6;/h4H,2-3,7H2,1H3;1H. The lowest BCUT2D eigenvalue weighted by Crippen LogP contribution is -1.91. The van der Waals surface area contributed by atoms with Crippen molar-refractivity contribution in [2.75, 3.05) is 0 Å². The molecule has 58 valence electrons. The summed E-state index contributed by atoms with van der Waals surface area (Å²) in [6.07, 6.45) is 2.87. The van der Waals surface area contributed by atoms with Gasteiger partial charge in [-0.1, -0.05) is 6.92 Å². The Bertz CT molecular complexity index is 169. The van der Waals surface area contributed by atoms with Crippen molar-refractivity contribution in [2.24, 2.45) is 5.73 Å². The minimum Gasteiger partial charge on any atom is -0.326 e. The fraction of sp³-hybridized carbons (Fsp3) is 0.500. The number of aromatic nitrogens is 1. The molecule has 1 aromatic rings. The first-order chi connectivity index (χ1) is 4.36. The summed E-state index contributed by atoms with van der Waals surface area (Å²) in [4.78, 5) is 5.32. The second-order valence-electron chi connectivity index (χ2n) is 1.78. The summed E-state index contributed by atoms with van der Waals surface area (Å²) in [6, 6.07) is 0. The van der Waals surface area contributed by atoms with E-state index in [0.717, 1.165) is 6.42 Å². The maximum atomic E-state index is 5.39. The van der Waals surface area contributed by atoms with Gasteiger partial charge >= 0.3 is 0 Å². The molecular formula is C6H11ClN2S. The average Bonchev–Trinajstić information content (AvgIpc) is 2.34. The van der Waals surface area contributed by atoms with E-state index in [1.807, 2.05) is 6.20 Å². The van der Waals surface area contributed by atoms with Gasteiger partial charge in [0.25, 0.3) is 0 Å². The van der Waals surface area contributed by atoms with Crippen molar-refractivity contribution in [3.8, 4) is 0 Å². The molecule has 0 unspecified atom stereocenters. The minimum atomic E-state index is 0. The predicted molar refractivity (Wildman–Crippen MR) is 46.6 cm³/mol. The van der Waals surface area contributed by atoms with Crippen LogP contribution in [0.25, 0.3) is 0 Å². The van der Waals surface area contributed by atoms with Gasteiger partial charge in [-0.25, -0.2) is 4.98 Å². The Morgan fingerprint density at radius 1 is 1.70 bits per heavy atom. The number of halogens is 1. The highest BCUT2D eigenvalue weighted by Crippen LogP contribution is 2.11. The zero-order chi connectivity index (χ0) is 6.69. The highest BCUT2D eigenvalue weighted by atomic mass is 35.5. The first kappa shape index (κ1) is 9.88. The van der Waals surface area contributed by atoms with Crippen LogP contribution in [0, 0.1) is 0 Å². The molecule has 0 aliphatic rings. The van der Waals surface area contributed by atoms with E-state index in [2.05, 4.69) is 11.9 Å². The lowest BCUT2D eigenvalue weighted by atomic mass is 10.5. The second kappa shape index (κ2) is 4.66. The highest BCUT2D eigenvalue weighted by molar-refractivity contribution is 7.11. The van der Waals surface area contributed by atoms with Crippen molar-refractivity contribution in [2.45, 2.75) is 19.9 Å². The molecule has 2 nitrogen and oxygen atoms in total. The zero-order valence-corrected chi connectivity index (χ0v) is 7.47. The molecule has 10 heavy (non-hydrogen) atoms. The van der Waals surface area contributed by atoms with Gasteiger partial charge in [0.1, 0.15) is 0 Å². The molecule has 1 rings (SSSR count). The Hall–Kier alpha value is -0.120. The van der Waals surface area contributed by atoms with Gasteiger partial charge in [0.05, 0.1) is 5.01 Å². The van der Waals surface area contributed by atoms with E-state index >= 15 is 0 Å². The highest BCUT2D eigenvalue weighted by Gasteiger charge is 1.95. The monoisotopic (exact) mass is 178 g/mol. The Balaban J connectivity index is 0.000000810. The van der Waals surface area contributed by atoms with Crippen LogP contribution in [0.4, 0.5) is 0 Å². The SMILES string of the molecule is CCc1ncc(CN)s1.Cl. The lowest BCUT2D eigenvalue weighted by molar-refractivity contribution is 1.07. The molecule has 0 aliphatic carbocycles. The largest absolute Gasteiger partial charge is 0.326 e.